The highest BCUT2D eigenvalue weighted by Crippen LogP contribution is 2.33. The monoisotopic (exact) mass is 290 g/mol. The van der Waals surface area contributed by atoms with E-state index < -0.39 is 0 Å². The number of halogens is 1. The lowest BCUT2D eigenvalue weighted by molar-refractivity contribution is -0.129. The molecule has 1 atom stereocenters. The molecule has 1 saturated heterocycles. The minimum absolute atomic E-state index is 0.189. The zero-order valence-corrected chi connectivity index (χ0v) is 12.4. The Bertz CT molecular complexity index is 501. The molecule has 3 nitrogen and oxygen atoms in total. The molecule has 1 aliphatic heterocycles. The number of nitrogens with zero attached hydrogens (tertiary/aromatic N) is 1. The first-order valence-corrected chi connectivity index (χ1v) is 7.97. The number of hydrogen-bond acceptors (Lipinski definition) is 2. The number of rotatable bonds is 7. The van der Waals surface area contributed by atoms with Crippen LogP contribution in [0.4, 0.5) is 4.39 Å². The van der Waals surface area contributed by atoms with E-state index in [4.69, 9.17) is 0 Å². The minimum Gasteiger partial charge on any atom is -0.339 e. The van der Waals surface area contributed by atoms with Crippen molar-refractivity contribution in [3.8, 4) is 0 Å². The van der Waals surface area contributed by atoms with E-state index in [2.05, 4.69) is 10.2 Å². The Morgan fingerprint density at radius 1 is 1.29 bits per heavy atom. The van der Waals surface area contributed by atoms with Crippen LogP contribution in [0.2, 0.25) is 0 Å². The molecule has 3 rings (SSSR count). The van der Waals surface area contributed by atoms with E-state index in [1.54, 1.807) is 12.1 Å². The summed E-state index contributed by atoms with van der Waals surface area (Å²) >= 11 is 0. The van der Waals surface area contributed by atoms with Crippen LogP contribution in [0.5, 0.6) is 0 Å². The van der Waals surface area contributed by atoms with Gasteiger partial charge in [0, 0.05) is 25.6 Å². The summed E-state index contributed by atoms with van der Waals surface area (Å²) in [6.45, 7) is 2.52. The van der Waals surface area contributed by atoms with E-state index in [0.29, 0.717) is 24.9 Å². The normalized spacial score (nSPS) is 22.0. The second kappa shape index (κ2) is 6.56. The van der Waals surface area contributed by atoms with Gasteiger partial charge in [0.25, 0.3) is 0 Å². The minimum atomic E-state index is -0.189. The number of nitrogens with one attached hydrogen (secondary N) is 1. The van der Waals surface area contributed by atoms with Crippen LogP contribution in [-0.4, -0.2) is 29.9 Å². The van der Waals surface area contributed by atoms with Crippen LogP contribution in [0.25, 0.3) is 0 Å². The van der Waals surface area contributed by atoms with Gasteiger partial charge < -0.3 is 10.2 Å². The second-order valence-corrected chi connectivity index (χ2v) is 6.28. The Hall–Kier alpha value is -1.42. The van der Waals surface area contributed by atoms with Gasteiger partial charge >= 0.3 is 0 Å². The van der Waals surface area contributed by atoms with Crippen LogP contribution in [0.3, 0.4) is 0 Å². The molecule has 2 fully saturated rings. The topological polar surface area (TPSA) is 32.3 Å². The Kier molecular flexibility index (Phi) is 4.54. The summed E-state index contributed by atoms with van der Waals surface area (Å²) in [6.07, 6.45) is 5.27. The molecule has 0 bridgehead atoms. The van der Waals surface area contributed by atoms with E-state index in [0.717, 1.165) is 37.4 Å². The van der Waals surface area contributed by atoms with E-state index in [1.165, 1.54) is 18.9 Å². The van der Waals surface area contributed by atoms with Gasteiger partial charge in [-0.25, -0.2) is 4.39 Å². The molecule has 1 amide bonds. The molecule has 21 heavy (non-hydrogen) atoms. The van der Waals surface area contributed by atoms with Crippen LogP contribution < -0.4 is 5.32 Å². The Morgan fingerprint density at radius 3 is 2.90 bits per heavy atom. The Balaban J connectivity index is 1.41. The summed E-state index contributed by atoms with van der Waals surface area (Å²) in [4.78, 5) is 14.0. The fraction of sp³-hybridized carbons (Fsp3) is 0.588. The number of hydrogen-bond donors (Lipinski definition) is 1. The van der Waals surface area contributed by atoms with Crippen molar-refractivity contribution in [2.45, 2.75) is 44.7 Å². The van der Waals surface area contributed by atoms with Crippen LogP contribution >= 0.6 is 0 Å². The molecule has 0 radical (unpaired) electrons. The van der Waals surface area contributed by atoms with E-state index in [-0.39, 0.29) is 5.82 Å². The molecular formula is C17H23FN2O. The van der Waals surface area contributed by atoms with Crippen molar-refractivity contribution in [1.82, 2.24) is 10.2 Å². The molecule has 1 aliphatic carbocycles. The second-order valence-electron chi connectivity index (χ2n) is 6.28. The fourth-order valence-electron chi connectivity index (χ4n) is 3.07. The third kappa shape index (κ3) is 4.03. The summed E-state index contributed by atoms with van der Waals surface area (Å²) < 4.78 is 13.1. The first kappa shape index (κ1) is 14.5. The first-order chi connectivity index (χ1) is 10.2. The molecule has 1 N–H and O–H groups in total. The summed E-state index contributed by atoms with van der Waals surface area (Å²) in [6, 6.07) is 7.08. The van der Waals surface area contributed by atoms with Gasteiger partial charge in [0.1, 0.15) is 5.82 Å². The lowest BCUT2D eigenvalue weighted by Gasteiger charge is -2.25. The lowest BCUT2D eigenvalue weighted by Crippen LogP contribution is -2.36. The fourth-order valence-corrected chi connectivity index (χ4v) is 3.07. The smallest absolute Gasteiger partial charge is 0.222 e. The molecule has 1 aromatic rings. The zero-order chi connectivity index (χ0) is 14.7. The molecule has 114 valence electrons. The van der Waals surface area contributed by atoms with Crippen molar-refractivity contribution in [3.05, 3.63) is 35.6 Å². The van der Waals surface area contributed by atoms with Crippen molar-refractivity contribution in [2.24, 2.45) is 5.92 Å². The van der Waals surface area contributed by atoms with Crippen LogP contribution in [0.15, 0.2) is 24.3 Å². The highest BCUT2D eigenvalue weighted by atomic mass is 19.1. The van der Waals surface area contributed by atoms with E-state index in [1.807, 2.05) is 6.07 Å². The molecule has 2 aliphatic rings. The Morgan fingerprint density at radius 2 is 2.14 bits per heavy atom. The van der Waals surface area contributed by atoms with Crippen LogP contribution in [0.1, 0.15) is 37.7 Å². The predicted molar refractivity (Wildman–Crippen MR) is 80.2 cm³/mol. The number of benzene rings is 1. The van der Waals surface area contributed by atoms with Crippen molar-refractivity contribution < 1.29 is 9.18 Å². The maximum Gasteiger partial charge on any atom is 0.222 e. The third-order valence-corrected chi connectivity index (χ3v) is 4.48. The highest BCUT2D eigenvalue weighted by molar-refractivity contribution is 5.78. The van der Waals surface area contributed by atoms with Gasteiger partial charge in [-0.15, -0.1) is 0 Å². The van der Waals surface area contributed by atoms with Gasteiger partial charge in [-0.2, -0.15) is 0 Å². The Labute approximate surface area is 125 Å². The van der Waals surface area contributed by atoms with Crippen molar-refractivity contribution in [1.29, 1.82) is 0 Å². The molecule has 1 aromatic carbocycles. The van der Waals surface area contributed by atoms with Gasteiger partial charge in [-0.3, -0.25) is 4.79 Å². The van der Waals surface area contributed by atoms with Gasteiger partial charge in [0.15, 0.2) is 0 Å². The van der Waals surface area contributed by atoms with E-state index in [9.17, 15) is 9.18 Å². The molecule has 0 aromatic heterocycles. The SMILES string of the molecule is O=C1CC[C@@H](CCNCc2cccc(F)c2)N1CC1CC1. The summed E-state index contributed by atoms with van der Waals surface area (Å²) in [5, 5.41) is 3.36. The molecule has 0 spiro atoms. The number of amides is 1. The molecule has 4 heteroatoms. The summed E-state index contributed by atoms with van der Waals surface area (Å²) in [5.74, 6) is 0.901. The molecule has 1 heterocycles. The maximum atomic E-state index is 13.1. The van der Waals surface area contributed by atoms with Crippen molar-refractivity contribution in [2.75, 3.05) is 13.1 Å². The number of carbonyl (C=O) groups is 1. The van der Waals surface area contributed by atoms with Crippen molar-refractivity contribution >= 4 is 5.91 Å². The molecular weight excluding hydrogens is 267 g/mol. The van der Waals surface area contributed by atoms with Gasteiger partial charge in [-0.1, -0.05) is 12.1 Å². The predicted octanol–water partition coefficient (Wildman–Crippen LogP) is 2.71. The largest absolute Gasteiger partial charge is 0.339 e. The summed E-state index contributed by atoms with van der Waals surface area (Å²) in [7, 11) is 0. The summed E-state index contributed by atoms with van der Waals surface area (Å²) in [5.41, 5.74) is 0.965. The van der Waals surface area contributed by atoms with Gasteiger partial charge in [0.2, 0.25) is 5.91 Å². The number of likely N-dealkylation sites (tertiary alicyclic amines) is 1. The van der Waals surface area contributed by atoms with Gasteiger partial charge in [-0.05, 0) is 55.8 Å². The molecule has 1 saturated carbocycles. The lowest BCUT2D eigenvalue weighted by atomic mass is 10.1. The molecule has 0 unspecified atom stereocenters. The quantitative estimate of drug-likeness (QED) is 0.783. The van der Waals surface area contributed by atoms with Gasteiger partial charge in [0.05, 0.1) is 0 Å². The maximum absolute atomic E-state index is 13.1. The standard InChI is InChI=1S/C17H23FN2O/c18-15-3-1-2-14(10-15)11-19-9-8-16-6-7-17(21)20(16)12-13-4-5-13/h1-3,10,13,16,19H,4-9,11-12H2/t16-/m0/s1. The average Bonchev–Trinajstić information content (AvgIpc) is 3.22. The average molecular weight is 290 g/mol. The van der Waals surface area contributed by atoms with E-state index >= 15 is 0 Å². The zero-order valence-electron chi connectivity index (χ0n) is 12.4. The number of carbonyl (C=O) groups excluding carboxylic acids is 1. The highest BCUT2D eigenvalue weighted by Gasteiger charge is 2.34. The van der Waals surface area contributed by atoms with Crippen LogP contribution in [0, 0.1) is 11.7 Å². The van der Waals surface area contributed by atoms with Crippen LogP contribution in [-0.2, 0) is 11.3 Å². The third-order valence-electron chi connectivity index (χ3n) is 4.48. The first-order valence-electron chi connectivity index (χ1n) is 7.97. The van der Waals surface area contributed by atoms with Crippen molar-refractivity contribution in [3.63, 3.8) is 0 Å².